The van der Waals surface area contributed by atoms with E-state index in [1.165, 1.54) is 0 Å². The molecule has 0 aliphatic rings. The molecule has 60 valence electrons. The highest BCUT2D eigenvalue weighted by molar-refractivity contribution is 5.79. The molecule has 0 heterocycles. The van der Waals surface area contributed by atoms with Crippen LogP contribution in [0.5, 0.6) is 0 Å². The van der Waals surface area contributed by atoms with Gasteiger partial charge in [-0.25, -0.2) is 0 Å². The molecule has 0 aromatic carbocycles. The third kappa shape index (κ3) is 2.82. The molecule has 0 saturated carbocycles. The van der Waals surface area contributed by atoms with Gasteiger partial charge in [0.2, 0.25) is 5.91 Å². The molecule has 0 radical (unpaired) electrons. The van der Waals surface area contributed by atoms with Crippen molar-refractivity contribution in [2.75, 3.05) is 13.7 Å². The van der Waals surface area contributed by atoms with Gasteiger partial charge < -0.3 is 10.5 Å². The topological polar surface area (TPSA) is 52.3 Å². The predicted molar refractivity (Wildman–Crippen MR) is 39.5 cm³/mol. The van der Waals surface area contributed by atoms with Gasteiger partial charge >= 0.3 is 0 Å². The molecule has 0 aliphatic carbocycles. The molecule has 0 aromatic heterocycles. The van der Waals surface area contributed by atoms with Crippen LogP contribution in [0.25, 0.3) is 0 Å². The quantitative estimate of drug-likeness (QED) is 0.627. The van der Waals surface area contributed by atoms with Crippen LogP contribution in [0.2, 0.25) is 0 Å². The van der Waals surface area contributed by atoms with Gasteiger partial charge in [-0.3, -0.25) is 4.79 Å². The summed E-state index contributed by atoms with van der Waals surface area (Å²) in [4.78, 5) is 10.7. The minimum Gasteiger partial charge on any atom is -0.385 e. The first-order valence-corrected chi connectivity index (χ1v) is 3.29. The van der Waals surface area contributed by atoms with Crippen molar-refractivity contribution < 1.29 is 9.53 Å². The minimum absolute atomic E-state index is 0.274. The minimum atomic E-state index is -0.435. The number of methoxy groups -OCH3 is 1. The van der Waals surface area contributed by atoms with Crippen molar-refractivity contribution >= 4 is 5.91 Å². The average Bonchev–Trinajstić information content (AvgIpc) is 1.84. The van der Waals surface area contributed by atoms with Crippen LogP contribution in [0.4, 0.5) is 0 Å². The molecule has 3 nitrogen and oxygen atoms in total. The van der Waals surface area contributed by atoms with Crippen LogP contribution in [0.3, 0.4) is 0 Å². The van der Waals surface area contributed by atoms with Crippen molar-refractivity contribution in [1.29, 1.82) is 0 Å². The summed E-state index contributed by atoms with van der Waals surface area (Å²) in [6.07, 6.45) is 0.679. The number of hydrogen-bond acceptors (Lipinski definition) is 2. The van der Waals surface area contributed by atoms with Gasteiger partial charge in [0.1, 0.15) is 0 Å². The average molecular weight is 145 g/mol. The molecule has 10 heavy (non-hydrogen) atoms. The zero-order valence-electron chi connectivity index (χ0n) is 6.81. The second kappa shape index (κ2) is 3.56. The van der Waals surface area contributed by atoms with E-state index in [0.29, 0.717) is 13.0 Å². The van der Waals surface area contributed by atoms with E-state index >= 15 is 0 Å². The first-order chi connectivity index (χ1) is 4.50. The number of rotatable bonds is 4. The van der Waals surface area contributed by atoms with Crippen molar-refractivity contribution in [3.63, 3.8) is 0 Å². The fraction of sp³-hybridized carbons (Fsp3) is 0.857. The van der Waals surface area contributed by atoms with Crippen molar-refractivity contribution in [3.8, 4) is 0 Å². The summed E-state index contributed by atoms with van der Waals surface area (Å²) < 4.78 is 4.82. The Kier molecular flexibility index (Phi) is 3.36. The third-order valence-electron chi connectivity index (χ3n) is 1.60. The van der Waals surface area contributed by atoms with Gasteiger partial charge in [0.25, 0.3) is 0 Å². The summed E-state index contributed by atoms with van der Waals surface area (Å²) in [5.41, 5.74) is 4.68. The van der Waals surface area contributed by atoms with Gasteiger partial charge in [-0.05, 0) is 6.42 Å². The molecule has 0 rings (SSSR count). The zero-order chi connectivity index (χ0) is 8.20. The molecule has 2 N–H and O–H groups in total. The zero-order valence-corrected chi connectivity index (χ0v) is 6.81. The van der Waals surface area contributed by atoms with Gasteiger partial charge in [0, 0.05) is 19.1 Å². The first kappa shape index (κ1) is 9.43. The Labute approximate surface area is 61.5 Å². The number of carbonyl (C=O) groups is 1. The van der Waals surface area contributed by atoms with Crippen LogP contribution in [-0.4, -0.2) is 19.6 Å². The van der Waals surface area contributed by atoms with Gasteiger partial charge in [-0.15, -0.1) is 0 Å². The van der Waals surface area contributed by atoms with Crippen molar-refractivity contribution in [1.82, 2.24) is 0 Å². The lowest BCUT2D eigenvalue weighted by Crippen LogP contribution is -2.32. The smallest absolute Gasteiger partial charge is 0.223 e. The van der Waals surface area contributed by atoms with Crippen LogP contribution in [0.15, 0.2) is 0 Å². The van der Waals surface area contributed by atoms with E-state index in [4.69, 9.17) is 10.5 Å². The van der Waals surface area contributed by atoms with E-state index in [-0.39, 0.29) is 5.91 Å². The maximum atomic E-state index is 10.7. The van der Waals surface area contributed by atoms with E-state index in [0.717, 1.165) is 0 Å². The van der Waals surface area contributed by atoms with E-state index in [2.05, 4.69) is 0 Å². The van der Waals surface area contributed by atoms with Gasteiger partial charge in [0.15, 0.2) is 0 Å². The first-order valence-electron chi connectivity index (χ1n) is 3.29. The molecule has 0 unspecified atom stereocenters. The maximum absolute atomic E-state index is 10.7. The molecule has 0 atom stereocenters. The lowest BCUT2D eigenvalue weighted by Gasteiger charge is -2.18. The fourth-order valence-electron chi connectivity index (χ4n) is 0.480. The van der Waals surface area contributed by atoms with E-state index in [1.807, 2.05) is 13.8 Å². The molecule has 1 amide bonds. The highest BCUT2D eigenvalue weighted by Crippen LogP contribution is 2.18. The molecule has 0 fully saturated rings. The van der Waals surface area contributed by atoms with Gasteiger partial charge in [0.05, 0.1) is 0 Å². The van der Waals surface area contributed by atoms with Gasteiger partial charge in [-0.1, -0.05) is 13.8 Å². The second-order valence-electron chi connectivity index (χ2n) is 2.99. The maximum Gasteiger partial charge on any atom is 0.223 e. The lowest BCUT2D eigenvalue weighted by molar-refractivity contribution is -0.126. The molecule has 0 saturated heterocycles. The summed E-state index contributed by atoms with van der Waals surface area (Å²) in [5.74, 6) is -0.274. The Morgan fingerprint density at radius 3 is 2.40 bits per heavy atom. The Balaban J connectivity index is 3.75. The number of ether oxygens (including phenoxy) is 1. The van der Waals surface area contributed by atoms with Crippen molar-refractivity contribution in [2.45, 2.75) is 20.3 Å². The Hall–Kier alpha value is -0.570. The van der Waals surface area contributed by atoms with Crippen molar-refractivity contribution in [3.05, 3.63) is 0 Å². The highest BCUT2D eigenvalue weighted by Gasteiger charge is 2.23. The number of nitrogens with two attached hydrogens (primary N) is 1. The second-order valence-corrected chi connectivity index (χ2v) is 2.99. The highest BCUT2D eigenvalue weighted by atomic mass is 16.5. The van der Waals surface area contributed by atoms with Crippen LogP contribution in [-0.2, 0) is 9.53 Å². The molecule has 0 bridgehead atoms. The number of amides is 1. The van der Waals surface area contributed by atoms with Crippen LogP contribution >= 0.6 is 0 Å². The van der Waals surface area contributed by atoms with E-state index in [1.54, 1.807) is 7.11 Å². The molecule has 0 aliphatic heterocycles. The Morgan fingerprint density at radius 1 is 1.60 bits per heavy atom. The largest absolute Gasteiger partial charge is 0.385 e. The van der Waals surface area contributed by atoms with Crippen LogP contribution in [0.1, 0.15) is 20.3 Å². The normalized spacial score (nSPS) is 11.5. The summed E-state index contributed by atoms with van der Waals surface area (Å²) in [5, 5.41) is 0. The molecule has 0 spiro atoms. The predicted octanol–water partition coefficient (Wildman–Crippen LogP) is 0.534. The number of hydrogen-bond donors (Lipinski definition) is 1. The van der Waals surface area contributed by atoms with E-state index < -0.39 is 5.41 Å². The molecular weight excluding hydrogens is 130 g/mol. The fourth-order valence-corrected chi connectivity index (χ4v) is 0.480. The monoisotopic (exact) mass is 145 g/mol. The third-order valence-corrected chi connectivity index (χ3v) is 1.60. The summed E-state index contributed by atoms with van der Waals surface area (Å²) in [6.45, 7) is 4.21. The van der Waals surface area contributed by atoms with Crippen LogP contribution in [0, 0.1) is 5.41 Å². The molecule has 0 aromatic rings. The number of carbonyl (C=O) groups excluding carboxylic acids is 1. The summed E-state index contributed by atoms with van der Waals surface area (Å²) >= 11 is 0. The standard InChI is InChI=1S/C7H15NO2/c1-7(2,6(8)9)4-5-10-3/h4-5H2,1-3H3,(H2,8,9). The summed E-state index contributed by atoms with van der Waals surface area (Å²) in [6, 6.07) is 0. The Bertz CT molecular complexity index is 121. The van der Waals surface area contributed by atoms with Crippen LogP contribution < -0.4 is 5.73 Å². The SMILES string of the molecule is COCCC(C)(C)C(N)=O. The van der Waals surface area contributed by atoms with Crippen molar-refractivity contribution in [2.24, 2.45) is 11.1 Å². The lowest BCUT2D eigenvalue weighted by atomic mass is 9.89. The number of primary amides is 1. The summed E-state index contributed by atoms with van der Waals surface area (Å²) in [7, 11) is 1.61. The molecular formula is C7H15NO2. The van der Waals surface area contributed by atoms with E-state index in [9.17, 15) is 4.79 Å². The van der Waals surface area contributed by atoms with Gasteiger partial charge in [-0.2, -0.15) is 0 Å². The Morgan fingerprint density at radius 2 is 2.10 bits per heavy atom. The molecule has 3 heteroatoms.